The number of rotatable bonds is 10. The van der Waals surface area contributed by atoms with Crippen LogP contribution in [0.15, 0.2) is 36.5 Å². The number of ketones is 1. The molecule has 0 spiro atoms. The van der Waals surface area contributed by atoms with Crippen LogP contribution in [-0.4, -0.2) is 59.2 Å². The van der Waals surface area contributed by atoms with Gasteiger partial charge >= 0.3 is 0 Å². The summed E-state index contributed by atoms with van der Waals surface area (Å²) in [7, 11) is 0. The molecule has 1 aliphatic rings. The van der Waals surface area contributed by atoms with Gasteiger partial charge in [-0.25, -0.2) is 0 Å². The van der Waals surface area contributed by atoms with Gasteiger partial charge in [-0.1, -0.05) is 43.1 Å². The predicted octanol–water partition coefficient (Wildman–Crippen LogP) is 7.20. The molecule has 1 saturated carbocycles. The molecule has 0 amide bonds. The van der Waals surface area contributed by atoms with Crippen molar-refractivity contribution in [3.8, 4) is 16.9 Å². The van der Waals surface area contributed by atoms with Crippen molar-refractivity contribution in [2.75, 3.05) is 31.6 Å². The molecule has 2 N–H and O–H groups in total. The molecule has 198 valence electrons. The number of aromatic nitrogens is 1. The van der Waals surface area contributed by atoms with Crippen LogP contribution in [0.2, 0.25) is 10.0 Å². The van der Waals surface area contributed by atoms with Crippen LogP contribution in [0.5, 0.6) is 5.75 Å². The Hall–Kier alpha value is -2.38. The summed E-state index contributed by atoms with van der Waals surface area (Å²) in [6.07, 6.45) is 5.86. The molecule has 1 aliphatic carbocycles. The second-order valence-corrected chi connectivity index (χ2v) is 10.5. The van der Waals surface area contributed by atoms with Crippen molar-refractivity contribution >= 4 is 45.6 Å². The highest BCUT2D eigenvalue weighted by Gasteiger charge is 2.24. The molecule has 3 aromatic rings. The van der Waals surface area contributed by atoms with Crippen LogP contribution in [0, 0.1) is 0 Å². The number of benzene rings is 2. The van der Waals surface area contributed by atoms with Crippen LogP contribution < -0.4 is 5.32 Å². The highest BCUT2D eigenvalue weighted by molar-refractivity contribution is 6.37. The maximum absolute atomic E-state index is 12.5. The summed E-state index contributed by atoms with van der Waals surface area (Å²) in [4.78, 5) is 19.5. The standard InChI is InChI=1S/C29H35Cl2N3O3/c1-4-34(5-2)12-13-37-22-9-7-21(8-10-22)33-28-23-14-19(20-15-25(30)29(36)26(31)16-20)6-11-27(23)32-17-24(28)18(3)35/h6,11,14-17,21-22,36H,4-5,7-10,12-13H2,1-3H3,(H,32,33). The zero-order valence-electron chi connectivity index (χ0n) is 21.7. The molecular formula is C29H35Cl2N3O3. The second-order valence-electron chi connectivity index (χ2n) is 9.64. The van der Waals surface area contributed by atoms with Crippen LogP contribution in [0.3, 0.4) is 0 Å². The summed E-state index contributed by atoms with van der Waals surface area (Å²) >= 11 is 12.3. The molecule has 0 atom stereocenters. The molecule has 1 heterocycles. The third-order valence-electron chi connectivity index (χ3n) is 7.28. The second kappa shape index (κ2) is 12.4. The van der Waals surface area contributed by atoms with Gasteiger partial charge in [0.15, 0.2) is 11.5 Å². The van der Waals surface area contributed by atoms with Crippen molar-refractivity contribution in [3.05, 3.63) is 52.1 Å². The molecule has 1 fully saturated rings. The van der Waals surface area contributed by atoms with Gasteiger partial charge in [0.2, 0.25) is 0 Å². The van der Waals surface area contributed by atoms with E-state index in [2.05, 4.69) is 29.0 Å². The lowest BCUT2D eigenvalue weighted by molar-refractivity contribution is 0.0156. The molecule has 1 aromatic heterocycles. The molecule has 0 aliphatic heterocycles. The summed E-state index contributed by atoms with van der Waals surface area (Å²) in [5.41, 5.74) is 3.81. The van der Waals surface area contributed by atoms with E-state index in [4.69, 9.17) is 27.9 Å². The lowest BCUT2D eigenvalue weighted by atomic mass is 9.92. The number of anilines is 1. The molecule has 0 radical (unpaired) electrons. The van der Waals surface area contributed by atoms with Crippen LogP contribution in [0.25, 0.3) is 22.0 Å². The maximum Gasteiger partial charge on any atom is 0.163 e. The number of pyridine rings is 1. The molecular weight excluding hydrogens is 509 g/mol. The number of carbonyl (C=O) groups is 1. The highest BCUT2D eigenvalue weighted by atomic mass is 35.5. The zero-order chi connectivity index (χ0) is 26.5. The van der Waals surface area contributed by atoms with Gasteiger partial charge in [0, 0.05) is 24.2 Å². The van der Waals surface area contributed by atoms with Crippen LogP contribution in [0.1, 0.15) is 56.8 Å². The number of likely N-dealkylation sites (N-methyl/N-ethyl adjacent to an activating group) is 1. The van der Waals surface area contributed by atoms with Gasteiger partial charge < -0.3 is 20.1 Å². The number of hydrogen-bond acceptors (Lipinski definition) is 6. The van der Waals surface area contributed by atoms with E-state index < -0.39 is 0 Å². The van der Waals surface area contributed by atoms with Gasteiger partial charge in [0.25, 0.3) is 0 Å². The van der Waals surface area contributed by atoms with Crippen molar-refractivity contribution < 1.29 is 14.6 Å². The number of ether oxygens (including phenoxy) is 1. The summed E-state index contributed by atoms with van der Waals surface area (Å²) in [5.74, 6) is -0.171. The predicted molar refractivity (Wildman–Crippen MR) is 152 cm³/mol. The molecule has 8 heteroatoms. The number of Topliss-reactive ketones (excluding diaryl/α,β-unsaturated/α-hetero) is 1. The molecule has 0 bridgehead atoms. The maximum atomic E-state index is 12.5. The van der Waals surface area contributed by atoms with E-state index in [0.717, 1.165) is 79.6 Å². The van der Waals surface area contributed by atoms with E-state index in [-0.39, 0.29) is 33.7 Å². The fourth-order valence-corrected chi connectivity index (χ4v) is 5.48. The SMILES string of the molecule is CCN(CC)CCOC1CCC(Nc2c(C(C)=O)cnc3ccc(-c4cc(Cl)c(O)c(Cl)c4)cc23)CC1. The number of fused-ring (bicyclic) bond motifs is 1. The summed E-state index contributed by atoms with van der Waals surface area (Å²) < 4.78 is 6.17. The third kappa shape index (κ3) is 6.55. The first-order valence-electron chi connectivity index (χ1n) is 13.0. The summed E-state index contributed by atoms with van der Waals surface area (Å²) in [6, 6.07) is 9.47. The van der Waals surface area contributed by atoms with E-state index in [1.165, 1.54) is 0 Å². The molecule has 0 unspecified atom stereocenters. The fraction of sp³-hybridized carbons (Fsp3) is 0.448. The van der Waals surface area contributed by atoms with Gasteiger partial charge in [-0.2, -0.15) is 0 Å². The highest BCUT2D eigenvalue weighted by Crippen LogP contribution is 2.38. The zero-order valence-corrected chi connectivity index (χ0v) is 23.2. The van der Waals surface area contributed by atoms with E-state index in [0.29, 0.717) is 5.56 Å². The van der Waals surface area contributed by atoms with Crippen molar-refractivity contribution in [2.45, 2.75) is 58.6 Å². The quantitative estimate of drug-likeness (QED) is 0.263. The molecule has 0 saturated heterocycles. The molecule has 37 heavy (non-hydrogen) atoms. The van der Waals surface area contributed by atoms with Gasteiger partial charge in [0.05, 0.1) is 39.5 Å². The molecule has 2 aromatic carbocycles. The van der Waals surface area contributed by atoms with Crippen molar-refractivity contribution in [3.63, 3.8) is 0 Å². The van der Waals surface area contributed by atoms with Crippen molar-refractivity contribution in [1.29, 1.82) is 0 Å². The first kappa shape index (κ1) is 27.6. The number of carbonyl (C=O) groups excluding carboxylic acids is 1. The Labute approximate surface area is 228 Å². The van der Waals surface area contributed by atoms with Gasteiger partial charge in [0.1, 0.15) is 0 Å². The number of nitrogens with zero attached hydrogens (tertiary/aromatic N) is 2. The van der Waals surface area contributed by atoms with Gasteiger partial charge in [-0.05, 0) is 81.1 Å². The van der Waals surface area contributed by atoms with Crippen LogP contribution >= 0.6 is 23.2 Å². The number of hydrogen-bond donors (Lipinski definition) is 2. The minimum Gasteiger partial charge on any atom is -0.505 e. The Balaban J connectivity index is 1.54. The average molecular weight is 545 g/mol. The number of phenols is 1. The lowest BCUT2D eigenvalue weighted by Gasteiger charge is -2.31. The first-order chi connectivity index (χ1) is 17.8. The Kier molecular flexibility index (Phi) is 9.30. The Bertz CT molecular complexity index is 1230. The van der Waals surface area contributed by atoms with E-state index in [1.807, 2.05) is 18.2 Å². The van der Waals surface area contributed by atoms with E-state index in [1.54, 1.807) is 25.3 Å². The third-order valence-corrected chi connectivity index (χ3v) is 7.85. The van der Waals surface area contributed by atoms with E-state index >= 15 is 0 Å². The number of nitrogens with one attached hydrogen (secondary N) is 1. The van der Waals surface area contributed by atoms with E-state index in [9.17, 15) is 9.90 Å². The monoisotopic (exact) mass is 543 g/mol. The number of aromatic hydroxyl groups is 1. The normalized spacial score (nSPS) is 17.9. The average Bonchev–Trinajstić information content (AvgIpc) is 2.90. The minimum absolute atomic E-state index is 0.0357. The summed E-state index contributed by atoms with van der Waals surface area (Å²) in [5, 5.41) is 14.9. The largest absolute Gasteiger partial charge is 0.505 e. The first-order valence-corrected chi connectivity index (χ1v) is 13.8. The smallest absolute Gasteiger partial charge is 0.163 e. The number of halogens is 2. The van der Waals surface area contributed by atoms with Crippen LogP contribution in [-0.2, 0) is 4.74 Å². The molecule has 6 nitrogen and oxygen atoms in total. The number of phenolic OH excluding ortho intramolecular Hbond substituents is 1. The Morgan fingerprint density at radius 2 is 1.76 bits per heavy atom. The van der Waals surface area contributed by atoms with Crippen molar-refractivity contribution in [2.24, 2.45) is 0 Å². The molecule has 4 rings (SSSR count). The van der Waals surface area contributed by atoms with Crippen LogP contribution in [0.4, 0.5) is 5.69 Å². The van der Waals surface area contributed by atoms with Gasteiger partial charge in [-0.3, -0.25) is 9.78 Å². The van der Waals surface area contributed by atoms with Gasteiger partial charge in [-0.15, -0.1) is 0 Å². The Morgan fingerprint density at radius 3 is 2.38 bits per heavy atom. The fourth-order valence-electron chi connectivity index (χ4n) is 4.99. The lowest BCUT2D eigenvalue weighted by Crippen LogP contribution is -2.33. The minimum atomic E-state index is -0.136. The topological polar surface area (TPSA) is 74.7 Å². The summed E-state index contributed by atoms with van der Waals surface area (Å²) in [6.45, 7) is 9.75. The van der Waals surface area contributed by atoms with Crippen molar-refractivity contribution in [1.82, 2.24) is 9.88 Å². The Morgan fingerprint density at radius 1 is 1.08 bits per heavy atom.